The van der Waals surface area contributed by atoms with Crippen LogP contribution in [0.3, 0.4) is 0 Å². The maximum atomic E-state index is 12.8. The minimum atomic E-state index is -0.413. The van der Waals surface area contributed by atoms with Gasteiger partial charge in [-0.25, -0.2) is 4.98 Å². The van der Waals surface area contributed by atoms with Crippen LogP contribution in [0.15, 0.2) is 103 Å². The van der Waals surface area contributed by atoms with Crippen molar-refractivity contribution in [2.75, 3.05) is 20.2 Å². The molecule has 0 aliphatic rings. The molecule has 0 fully saturated rings. The van der Waals surface area contributed by atoms with Gasteiger partial charge in [0, 0.05) is 48.3 Å². The van der Waals surface area contributed by atoms with Crippen molar-refractivity contribution in [3.63, 3.8) is 0 Å². The summed E-state index contributed by atoms with van der Waals surface area (Å²) in [6, 6.07) is 27.2. The van der Waals surface area contributed by atoms with Crippen LogP contribution in [0.25, 0.3) is 33.4 Å². The highest BCUT2D eigenvalue weighted by Gasteiger charge is 2.18. The van der Waals surface area contributed by atoms with Crippen molar-refractivity contribution in [2.24, 2.45) is 0 Å². The summed E-state index contributed by atoms with van der Waals surface area (Å²) < 4.78 is 5.09. The topological polar surface area (TPSA) is 113 Å². The number of pyridine rings is 1. The monoisotopic (exact) mass is 586 g/mol. The zero-order valence-electron chi connectivity index (χ0n) is 24.7. The first-order valence-electron chi connectivity index (χ1n) is 14.5. The molecule has 5 rings (SSSR count). The zero-order valence-corrected chi connectivity index (χ0v) is 24.7. The van der Waals surface area contributed by atoms with Crippen LogP contribution in [0.1, 0.15) is 27.9 Å². The molecule has 3 aromatic carbocycles. The lowest BCUT2D eigenvalue weighted by Crippen LogP contribution is -2.34. The normalized spacial score (nSPS) is 11.0. The summed E-state index contributed by atoms with van der Waals surface area (Å²) in [6.45, 7) is 2.58. The number of aryl methyl sites for hydroxylation is 2. The molecule has 2 heterocycles. The van der Waals surface area contributed by atoms with E-state index in [1.165, 1.54) is 12.2 Å². The summed E-state index contributed by atoms with van der Waals surface area (Å²) in [5, 5.41) is 6.54. The van der Waals surface area contributed by atoms with Crippen molar-refractivity contribution in [3.8, 4) is 28.1 Å². The Balaban J connectivity index is 1.19. The van der Waals surface area contributed by atoms with E-state index in [0.29, 0.717) is 17.7 Å². The molecule has 0 saturated heterocycles. The van der Waals surface area contributed by atoms with Gasteiger partial charge in [-0.3, -0.25) is 14.4 Å². The molecule has 222 valence electrons. The Bertz CT molecular complexity index is 1810. The molecule has 44 heavy (non-hydrogen) atoms. The van der Waals surface area contributed by atoms with Crippen LogP contribution in [0.5, 0.6) is 5.75 Å². The number of fused-ring (bicyclic) bond motifs is 1. The number of ether oxygens (including phenoxy) is 1. The van der Waals surface area contributed by atoms with Crippen LogP contribution >= 0.6 is 0 Å². The second-order valence-corrected chi connectivity index (χ2v) is 10.4. The Kier molecular flexibility index (Phi) is 9.61. The van der Waals surface area contributed by atoms with Gasteiger partial charge in [0.25, 0.3) is 0 Å². The molecule has 0 atom stereocenters. The summed E-state index contributed by atoms with van der Waals surface area (Å²) in [7, 11) is 1.55. The predicted octanol–water partition coefficient (Wildman–Crippen LogP) is 5.82. The standard InChI is InChI=1S/C36H34N4O4/c1-24-10-15-29(31(23-24)25-7-4-3-5-8-25)35-28(30-9-6-20-39-36(30)40-35)16-18-33(42)37-21-22-38-34(43)19-17-32(41)26-11-13-27(44-2)14-12-26/h3-15,17,19-20,23H,16,18,21-22H2,1-2H3,(H,37,42)(H,38,43)(H,39,40). The Hall–Kier alpha value is -5.50. The molecule has 0 unspecified atom stereocenters. The third kappa shape index (κ3) is 7.28. The van der Waals surface area contributed by atoms with E-state index in [2.05, 4.69) is 57.9 Å². The molecule has 0 spiro atoms. The number of carbonyl (C=O) groups is 3. The SMILES string of the molecule is COc1ccc(C(=O)C=CC(=O)NCCNC(=O)CCc2c(-c3ccc(C)cc3-c3ccccc3)[nH]c3ncccc23)cc1. The number of rotatable bonds is 12. The third-order valence-corrected chi connectivity index (χ3v) is 7.32. The fourth-order valence-electron chi connectivity index (χ4n) is 5.08. The number of H-pyrrole nitrogens is 1. The Morgan fingerprint density at radius 2 is 1.64 bits per heavy atom. The molecule has 0 aliphatic carbocycles. The number of aromatic nitrogens is 2. The second kappa shape index (κ2) is 14.1. The molecule has 8 heteroatoms. The lowest BCUT2D eigenvalue weighted by atomic mass is 9.93. The number of allylic oxidation sites excluding steroid dienone is 1. The number of amides is 2. The van der Waals surface area contributed by atoms with Crippen LogP contribution in [-0.2, 0) is 16.0 Å². The average molecular weight is 587 g/mol. The summed E-state index contributed by atoms with van der Waals surface area (Å²) in [4.78, 5) is 45.3. The molecule has 0 aliphatic heterocycles. The van der Waals surface area contributed by atoms with Crippen molar-refractivity contribution < 1.29 is 19.1 Å². The fourth-order valence-corrected chi connectivity index (χ4v) is 5.08. The summed E-state index contributed by atoms with van der Waals surface area (Å²) in [5.74, 6) is -0.178. The largest absolute Gasteiger partial charge is 0.497 e. The van der Waals surface area contributed by atoms with Gasteiger partial charge in [-0.1, -0.05) is 54.1 Å². The third-order valence-electron chi connectivity index (χ3n) is 7.32. The highest BCUT2D eigenvalue weighted by molar-refractivity contribution is 6.07. The van der Waals surface area contributed by atoms with Gasteiger partial charge in [-0.15, -0.1) is 0 Å². The lowest BCUT2D eigenvalue weighted by Gasteiger charge is -2.13. The van der Waals surface area contributed by atoms with Crippen molar-refractivity contribution in [3.05, 3.63) is 120 Å². The van der Waals surface area contributed by atoms with E-state index in [-0.39, 0.29) is 31.2 Å². The van der Waals surface area contributed by atoms with E-state index in [0.717, 1.165) is 44.5 Å². The van der Waals surface area contributed by atoms with E-state index >= 15 is 0 Å². The van der Waals surface area contributed by atoms with Gasteiger partial charge in [0.15, 0.2) is 5.78 Å². The molecule has 8 nitrogen and oxygen atoms in total. The molecular formula is C36H34N4O4. The fraction of sp³-hybridized carbons (Fsp3) is 0.167. The van der Waals surface area contributed by atoms with Gasteiger partial charge < -0.3 is 20.4 Å². The molecule has 0 radical (unpaired) electrons. The summed E-state index contributed by atoms with van der Waals surface area (Å²) >= 11 is 0. The Morgan fingerprint density at radius 3 is 2.41 bits per heavy atom. The van der Waals surface area contributed by atoms with E-state index in [1.807, 2.05) is 30.3 Å². The number of carbonyl (C=O) groups excluding carboxylic acids is 3. The minimum absolute atomic E-state index is 0.124. The minimum Gasteiger partial charge on any atom is -0.497 e. The lowest BCUT2D eigenvalue weighted by molar-refractivity contribution is -0.121. The Morgan fingerprint density at radius 1 is 0.864 bits per heavy atom. The van der Waals surface area contributed by atoms with E-state index in [9.17, 15) is 14.4 Å². The number of methoxy groups -OCH3 is 1. The molecule has 0 bridgehead atoms. The maximum absolute atomic E-state index is 12.8. The van der Waals surface area contributed by atoms with Crippen molar-refractivity contribution >= 4 is 28.6 Å². The maximum Gasteiger partial charge on any atom is 0.244 e. The number of aromatic amines is 1. The highest BCUT2D eigenvalue weighted by Crippen LogP contribution is 2.37. The van der Waals surface area contributed by atoms with Crippen LogP contribution in [0.4, 0.5) is 0 Å². The average Bonchev–Trinajstić information content (AvgIpc) is 3.43. The predicted molar refractivity (Wildman–Crippen MR) is 173 cm³/mol. The summed E-state index contributed by atoms with van der Waals surface area (Å²) in [6.07, 6.45) is 4.95. The second-order valence-electron chi connectivity index (χ2n) is 10.4. The number of nitrogens with one attached hydrogen (secondary N) is 3. The Labute approximate surface area is 256 Å². The first-order valence-corrected chi connectivity index (χ1v) is 14.5. The van der Waals surface area contributed by atoms with E-state index < -0.39 is 5.91 Å². The quantitative estimate of drug-likeness (QED) is 0.0969. The van der Waals surface area contributed by atoms with E-state index in [1.54, 1.807) is 37.6 Å². The van der Waals surface area contributed by atoms with Crippen molar-refractivity contribution in [1.82, 2.24) is 20.6 Å². The first-order chi connectivity index (χ1) is 21.4. The highest BCUT2D eigenvalue weighted by atomic mass is 16.5. The number of nitrogens with zero attached hydrogens (tertiary/aromatic N) is 1. The number of benzene rings is 3. The van der Waals surface area contributed by atoms with Gasteiger partial charge in [0.2, 0.25) is 11.8 Å². The number of hydrogen-bond acceptors (Lipinski definition) is 5. The van der Waals surface area contributed by atoms with Crippen LogP contribution in [0.2, 0.25) is 0 Å². The van der Waals surface area contributed by atoms with Crippen molar-refractivity contribution in [1.29, 1.82) is 0 Å². The van der Waals surface area contributed by atoms with E-state index in [4.69, 9.17) is 4.74 Å². The zero-order chi connectivity index (χ0) is 30.9. The molecule has 3 N–H and O–H groups in total. The molecule has 2 amide bonds. The smallest absolute Gasteiger partial charge is 0.244 e. The molecule has 0 saturated carbocycles. The molecular weight excluding hydrogens is 552 g/mol. The van der Waals surface area contributed by atoms with Gasteiger partial charge in [0.05, 0.1) is 12.8 Å². The van der Waals surface area contributed by atoms with Crippen LogP contribution in [-0.4, -0.2) is 47.8 Å². The van der Waals surface area contributed by atoms with Gasteiger partial charge in [-0.05, 0) is 72.5 Å². The van der Waals surface area contributed by atoms with Crippen molar-refractivity contribution in [2.45, 2.75) is 19.8 Å². The van der Waals surface area contributed by atoms with Crippen LogP contribution < -0.4 is 15.4 Å². The number of hydrogen-bond donors (Lipinski definition) is 3. The van der Waals surface area contributed by atoms with Gasteiger partial charge in [-0.2, -0.15) is 0 Å². The summed E-state index contributed by atoms with van der Waals surface area (Å²) in [5.41, 5.74) is 7.65. The molecule has 2 aromatic heterocycles. The van der Waals surface area contributed by atoms with Gasteiger partial charge in [0.1, 0.15) is 11.4 Å². The number of ketones is 1. The van der Waals surface area contributed by atoms with Gasteiger partial charge >= 0.3 is 0 Å². The van der Waals surface area contributed by atoms with Crippen LogP contribution in [0, 0.1) is 6.92 Å². The first kappa shape index (κ1) is 30.0. The molecule has 5 aromatic rings.